The van der Waals surface area contributed by atoms with Gasteiger partial charge in [0.15, 0.2) is 0 Å². The Labute approximate surface area is 191 Å². The smallest absolute Gasteiger partial charge is 0.255 e. The standard InChI is InChI=1S/C25H27ClFNO2S/c1-25(30)16-5-6-17(25)12-19(11-16)31-23-10-15(4-8-21(23)26)24(29)28-18-7-9-22(27)20(13-18)14-2-3-14/h4,7-10,13-14,16-17,19,30H,2-3,5-6,11-12H2,1H3,(H,28,29)/t16-,17?,19?,25?/m0/s1. The van der Waals surface area contributed by atoms with E-state index >= 15 is 0 Å². The van der Waals surface area contributed by atoms with E-state index in [0.29, 0.717) is 38.9 Å². The summed E-state index contributed by atoms with van der Waals surface area (Å²) in [5.41, 5.74) is 1.29. The van der Waals surface area contributed by atoms with Gasteiger partial charge < -0.3 is 10.4 Å². The number of anilines is 1. The van der Waals surface area contributed by atoms with E-state index in [9.17, 15) is 14.3 Å². The highest BCUT2D eigenvalue weighted by Gasteiger charge is 2.50. The molecule has 2 aromatic carbocycles. The fourth-order valence-electron chi connectivity index (χ4n) is 5.31. The predicted octanol–water partition coefficient (Wildman–Crippen LogP) is 6.64. The zero-order valence-electron chi connectivity index (χ0n) is 17.5. The van der Waals surface area contributed by atoms with Crippen LogP contribution < -0.4 is 5.32 Å². The third-order valence-corrected chi connectivity index (χ3v) is 9.12. The Hall–Kier alpha value is -1.56. The van der Waals surface area contributed by atoms with E-state index in [0.717, 1.165) is 43.4 Å². The topological polar surface area (TPSA) is 49.3 Å². The summed E-state index contributed by atoms with van der Waals surface area (Å²) in [5, 5.41) is 14.7. The summed E-state index contributed by atoms with van der Waals surface area (Å²) < 4.78 is 14.0. The van der Waals surface area contributed by atoms with E-state index < -0.39 is 5.60 Å². The fraction of sp³-hybridized carbons (Fsp3) is 0.480. The maximum absolute atomic E-state index is 14.0. The van der Waals surface area contributed by atoms with E-state index in [1.54, 1.807) is 36.0 Å². The van der Waals surface area contributed by atoms with Gasteiger partial charge >= 0.3 is 0 Å². The van der Waals surface area contributed by atoms with Gasteiger partial charge in [-0.3, -0.25) is 4.79 Å². The van der Waals surface area contributed by atoms with Crippen molar-refractivity contribution in [2.45, 2.75) is 67.1 Å². The van der Waals surface area contributed by atoms with Gasteiger partial charge in [-0.05, 0) is 105 Å². The third kappa shape index (κ3) is 4.24. The number of nitrogens with one attached hydrogen (secondary N) is 1. The lowest BCUT2D eigenvalue weighted by Gasteiger charge is -2.40. The number of carbonyl (C=O) groups excluding carboxylic acids is 1. The van der Waals surface area contributed by atoms with Gasteiger partial charge in [-0.15, -0.1) is 11.8 Å². The number of thioether (sulfide) groups is 1. The quantitative estimate of drug-likeness (QED) is 0.526. The molecule has 3 fully saturated rings. The molecule has 4 atom stereocenters. The van der Waals surface area contributed by atoms with Crippen LogP contribution in [0.1, 0.15) is 67.3 Å². The predicted molar refractivity (Wildman–Crippen MR) is 123 cm³/mol. The maximum Gasteiger partial charge on any atom is 0.255 e. The van der Waals surface area contributed by atoms with Crippen molar-refractivity contribution in [3.05, 3.63) is 58.4 Å². The van der Waals surface area contributed by atoms with Gasteiger partial charge in [0.2, 0.25) is 0 Å². The minimum absolute atomic E-state index is 0.203. The van der Waals surface area contributed by atoms with Crippen LogP contribution in [0, 0.1) is 17.7 Å². The van der Waals surface area contributed by atoms with E-state index in [1.165, 1.54) is 6.07 Å². The SMILES string of the molecule is CC1(O)C2CC[C@H]1CC(Sc1cc(C(=O)Nc3ccc(F)c(C4CC4)c3)ccc1Cl)C2. The Morgan fingerprint density at radius 3 is 2.52 bits per heavy atom. The van der Waals surface area contributed by atoms with Crippen LogP contribution in [0.3, 0.4) is 0 Å². The molecular weight excluding hydrogens is 433 g/mol. The molecule has 31 heavy (non-hydrogen) atoms. The van der Waals surface area contributed by atoms with Crippen molar-refractivity contribution in [2.24, 2.45) is 11.8 Å². The van der Waals surface area contributed by atoms with Crippen molar-refractivity contribution in [3.8, 4) is 0 Å². The maximum atomic E-state index is 14.0. The van der Waals surface area contributed by atoms with Crippen LogP contribution in [0.15, 0.2) is 41.3 Å². The number of aliphatic hydroxyl groups is 1. The number of rotatable bonds is 5. The molecule has 0 radical (unpaired) electrons. The number of amides is 1. The first-order valence-corrected chi connectivity index (χ1v) is 12.4. The molecule has 2 N–H and O–H groups in total. The van der Waals surface area contributed by atoms with E-state index in [1.807, 2.05) is 13.0 Å². The molecule has 3 unspecified atom stereocenters. The number of hydrogen-bond donors (Lipinski definition) is 2. The number of halogens is 2. The van der Waals surface area contributed by atoms with Crippen molar-refractivity contribution < 1.29 is 14.3 Å². The molecule has 3 aliphatic rings. The number of carbonyl (C=O) groups is 1. The van der Waals surface area contributed by atoms with Crippen LogP contribution in [-0.2, 0) is 0 Å². The minimum atomic E-state index is -0.545. The second-order valence-electron chi connectivity index (χ2n) is 9.52. The Balaban J connectivity index is 1.29. The third-order valence-electron chi connectivity index (χ3n) is 7.37. The van der Waals surface area contributed by atoms with Gasteiger partial charge in [-0.25, -0.2) is 4.39 Å². The summed E-state index contributed by atoms with van der Waals surface area (Å²) >= 11 is 8.18. The largest absolute Gasteiger partial charge is 0.390 e. The molecule has 5 rings (SSSR count). The highest BCUT2D eigenvalue weighted by atomic mass is 35.5. The van der Waals surface area contributed by atoms with Crippen molar-refractivity contribution in [1.82, 2.24) is 0 Å². The van der Waals surface area contributed by atoms with Crippen LogP contribution in [-0.4, -0.2) is 21.9 Å². The molecular formula is C25H27ClFNO2S. The van der Waals surface area contributed by atoms with Crippen LogP contribution in [0.4, 0.5) is 10.1 Å². The lowest BCUT2D eigenvalue weighted by atomic mass is 9.76. The fourth-order valence-corrected chi connectivity index (χ4v) is 6.95. The van der Waals surface area contributed by atoms with Gasteiger partial charge in [-0.1, -0.05) is 11.6 Å². The Kier molecular flexibility index (Phi) is 5.56. The second-order valence-corrected chi connectivity index (χ2v) is 11.3. The Morgan fingerprint density at radius 2 is 1.84 bits per heavy atom. The zero-order chi connectivity index (χ0) is 21.8. The first-order valence-electron chi connectivity index (χ1n) is 11.1. The van der Waals surface area contributed by atoms with Gasteiger partial charge in [-0.2, -0.15) is 0 Å². The van der Waals surface area contributed by atoms with Gasteiger partial charge in [0.05, 0.1) is 10.6 Å². The molecule has 3 aliphatic carbocycles. The second kappa shape index (κ2) is 8.09. The highest BCUT2D eigenvalue weighted by Crippen LogP contribution is 2.53. The molecule has 0 spiro atoms. The van der Waals surface area contributed by atoms with Gasteiger partial charge in [0, 0.05) is 21.4 Å². The van der Waals surface area contributed by atoms with Crippen molar-refractivity contribution >= 4 is 35.0 Å². The molecule has 6 heteroatoms. The average molecular weight is 460 g/mol. The first-order chi connectivity index (χ1) is 14.8. The molecule has 164 valence electrons. The van der Waals surface area contributed by atoms with Crippen LogP contribution in [0.25, 0.3) is 0 Å². The van der Waals surface area contributed by atoms with Gasteiger partial charge in [0.1, 0.15) is 5.82 Å². The Morgan fingerprint density at radius 1 is 1.13 bits per heavy atom. The number of benzene rings is 2. The molecule has 1 amide bonds. The van der Waals surface area contributed by atoms with E-state index in [4.69, 9.17) is 11.6 Å². The lowest BCUT2D eigenvalue weighted by molar-refractivity contribution is -0.0407. The van der Waals surface area contributed by atoms with Crippen molar-refractivity contribution in [2.75, 3.05) is 5.32 Å². The van der Waals surface area contributed by atoms with Crippen LogP contribution in [0.2, 0.25) is 5.02 Å². The molecule has 0 saturated heterocycles. The summed E-state index contributed by atoms with van der Waals surface area (Å²) in [4.78, 5) is 13.8. The zero-order valence-corrected chi connectivity index (χ0v) is 19.1. The Bertz CT molecular complexity index is 1010. The number of hydrogen-bond acceptors (Lipinski definition) is 3. The number of fused-ring (bicyclic) bond motifs is 2. The normalized spacial score (nSPS) is 29.7. The van der Waals surface area contributed by atoms with Crippen molar-refractivity contribution in [1.29, 1.82) is 0 Å². The summed E-state index contributed by atoms with van der Waals surface area (Å²) in [6.07, 6.45) is 6.13. The monoisotopic (exact) mass is 459 g/mol. The summed E-state index contributed by atoms with van der Waals surface area (Å²) in [6, 6.07) is 10.1. The average Bonchev–Trinajstić information content (AvgIpc) is 3.55. The summed E-state index contributed by atoms with van der Waals surface area (Å²) in [5.74, 6) is 0.535. The lowest BCUT2D eigenvalue weighted by Crippen LogP contribution is -2.42. The van der Waals surface area contributed by atoms with Crippen LogP contribution >= 0.6 is 23.4 Å². The summed E-state index contributed by atoms with van der Waals surface area (Å²) in [7, 11) is 0. The van der Waals surface area contributed by atoms with E-state index in [-0.39, 0.29) is 17.6 Å². The molecule has 2 bridgehead atoms. The molecule has 0 heterocycles. The summed E-state index contributed by atoms with van der Waals surface area (Å²) in [6.45, 7) is 1.98. The molecule has 3 nitrogen and oxygen atoms in total. The minimum Gasteiger partial charge on any atom is -0.390 e. The highest BCUT2D eigenvalue weighted by molar-refractivity contribution is 8.00. The molecule has 0 aliphatic heterocycles. The molecule has 3 saturated carbocycles. The van der Waals surface area contributed by atoms with Crippen molar-refractivity contribution in [3.63, 3.8) is 0 Å². The molecule has 0 aromatic heterocycles. The first kappa shape index (κ1) is 21.3. The molecule has 2 aromatic rings. The van der Waals surface area contributed by atoms with E-state index in [2.05, 4.69) is 5.32 Å². The van der Waals surface area contributed by atoms with Gasteiger partial charge in [0.25, 0.3) is 5.91 Å². The van der Waals surface area contributed by atoms with Crippen LogP contribution in [0.5, 0.6) is 0 Å².